The predicted molar refractivity (Wildman–Crippen MR) is 72.5 cm³/mol. The molecule has 0 amide bonds. The summed E-state index contributed by atoms with van der Waals surface area (Å²) in [5, 5.41) is 3.23. The lowest BCUT2D eigenvalue weighted by molar-refractivity contribution is 0.147. The summed E-state index contributed by atoms with van der Waals surface area (Å²) in [5.74, 6) is 0.908. The Kier molecular flexibility index (Phi) is 4.97. The van der Waals surface area contributed by atoms with E-state index in [1.165, 1.54) is 5.56 Å². The largest absolute Gasteiger partial charge is 0.497 e. The molecule has 0 aliphatic heterocycles. The number of hydrogen-bond acceptors (Lipinski definition) is 3. The molecule has 1 aromatic carbocycles. The van der Waals surface area contributed by atoms with E-state index in [9.17, 15) is 0 Å². The average molecular weight is 236 g/mol. The van der Waals surface area contributed by atoms with Gasteiger partial charge in [-0.05, 0) is 45.6 Å². The molecule has 0 saturated heterocycles. The van der Waals surface area contributed by atoms with E-state index in [0.29, 0.717) is 0 Å². The molecule has 17 heavy (non-hydrogen) atoms. The first-order valence-corrected chi connectivity index (χ1v) is 5.98. The Morgan fingerprint density at radius 1 is 1.24 bits per heavy atom. The van der Waals surface area contributed by atoms with Gasteiger partial charge in [-0.15, -0.1) is 0 Å². The number of nitrogens with zero attached hydrogens (tertiary/aromatic N) is 1. The molecule has 3 nitrogen and oxygen atoms in total. The van der Waals surface area contributed by atoms with Gasteiger partial charge in [0.25, 0.3) is 0 Å². The van der Waals surface area contributed by atoms with E-state index < -0.39 is 0 Å². The van der Waals surface area contributed by atoms with Crippen molar-refractivity contribution < 1.29 is 4.74 Å². The minimum Gasteiger partial charge on any atom is -0.497 e. The van der Waals surface area contributed by atoms with Gasteiger partial charge in [0.1, 0.15) is 5.75 Å². The van der Waals surface area contributed by atoms with E-state index in [1.807, 2.05) is 19.2 Å². The molecule has 0 aromatic heterocycles. The van der Waals surface area contributed by atoms with E-state index in [4.69, 9.17) is 4.74 Å². The van der Waals surface area contributed by atoms with Crippen LogP contribution in [0.5, 0.6) is 5.75 Å². The second kappa shape index (κ2) is 6.03. The molecule has 0 fully saturated rings. The zero-order chi connectivity index (χ0) is 12.9. The Labute approximate surface area is 105 Å². The summed E-state index contributed by atoms with van der Waals surface area (Å²) in [6.07, 6.45) is 0. The number of methoxy groups -OCH3 is 1. The first-order chi connectivity index (χ1) is 7.99. The van der Waals surface area contributed by atoms with Gasteiger partial charge in [0.15, 0.2) is 0 Å². The number of likely N-dealkylation sites (N-methyl/N-ethyl adjacent to an activating group) is 2. The highest BCUT2D eigenvalue weighted by Gasteiger charge is 2.22. The number of nitrogens with one attached hydrogen (secondary N) is 1. The highest BCUT2D eigenvalue weighted by molar-refractivity contribution is 5.27. The highest BCUT2D eigenvalue weighted by atomic mass is 16.5. The molecule has 0 saturated carbocycles. The van der Waals surface area contributed by atoms with E-state index in [-0.39, 0.29) is 5.54 Å². The number of rotatable bonds is 6. The minimum atomic E-state index is 0.147. The van der Waals surface area contributed by atoms with Crippen LogP contribution in [0.2, 0.25) is 0 Å². The van der Waals surface area contributed by atoms with Crippen LogP contribution in [0.25, 0.3) is 0 Å². The fourth-order valence-corrected chi connectivity index (χ4v) is 1.79. The molecule has 1 aromatic rings. The van der Waals surface area contributed by atoms with Crippen molar-refractivity contribution >= 4 is 0 Å². The maximum absolute atomic E-state index is 5.16. The minimum absolute atomic E-state index is 0.147. The van der Waals surface area contributed by atoms with Crippen LogP contribution >= 0.6 is 0 Å². The van der Waals surface area contributed by atoms with Crippen LogP contribution < -0.4 is 10.1 Å². The predicted octanol–water partition coefficient (Wildman–Crippen LogP) is 2.12. The van der Waals surface area contributed by atoms with Gasteiger partial charge in [0.05, 0.1) is 7.11 Å². The van der Waals surface area contributed by atoms with Crippen LogP contribution in [0.1, 0.15) is 19.4 Å². The van der Waals surface area contributed by atoms with Gasteiger partial charge >= 0.3 is 0 Å². The van der Waals surface area contributed by atoms with E-state index in [1.54, 1.807) is 7.11 Å². The summed E-state index contributed by atoms with van der Waals surface area (Å²) < 4.78 is 5.16. The molecule has 0 unspecified atom stereocenters. The van der Waals surface area contributed by atoms with E-state index in [2.05, 4.69) is 43.2 Å². The van der Waals surface area contributed by atoms with Gasteiger partial charge in [-0.1, -0.05) is 12.1 Å². The van der Waals surface area contributed by atoms with Gasteiger partial charge < -0.3 is 10.1 Å². The Balaban J connectivity index is 2.63. The zero-order valence-corrected chi connectivity index (χ0v) is 11.6. The van der Waals surface area contributed by atoms with Gasteiger partial charge in [-0.25, -0.2) is 0 Å². The zero-order valence-electron chi connectivity index (χ0n) is 11.6. The van der Waals surface area contributed by atoms with Crippen LogP contribution in [0.15, 0.2) is 24.3 Å². The molecule has 0 heterocycles. The third-order valence-corrected chi connectivity index (χ3v) is 3.22. The summed E-state index contributed by atoms with van der Waals surface area (Å²) in [4.78, 5) is 2.35. The molecule has 0 aliphatic rings. The Hall–Kier alpha value is -1.06. The maximum atomic E-state index is 5.16. The van der Waals surface area contributed by atoms with Crippen LogP contribution in [0.3, 0.4) is 0 Å². The smallest absolute Gasteiger partial charge is 0.118 e. The quantitative estimate of drug-likeness (QED) is 0.819. The van der Waals surface area contributed by atoms with Gasteiger partial charge in [0, 0.05) is 18.6 Å². The molecule has 1 N–H and O–H groups in total. The first kappa shape index (κ1) is 14.0. The summed E-state index contributed by atoms with van der Waals surface area (Å²) in [6.45, 7) is 6.40. The van der Waals surface area contributed by atoms with Crippen molar-refractivity contribution in [3.63, 3.8) is 0 Å². The van der Waals surface area contributed by atoms with E-state index >= 15 is 0 Å². The fourth-order valence-electron chi connectivity index (χ4n) is 1.79. The lowest BCUT2D eigenvalue weighted by Crippen LogP contribution is -2.47. The summed E-state index contributed by atoms with van der Waals surface area (Å²) in [7, 11) is 5.84. The van der Waals surface area contributed by atoms with Crippen molar-refractivity contribution in [3.8, 4) is 5.75 Å². The van der Waals surface area contributed by atoms with Crippen molar-refractivity contribution in [3.05, 3.63) is 29.8 Å². The van der Waals surface area contributed by atoms with Crippen molar-refractivity contribution in [1.29, 1.82) is 0 Å². The molecule has 0 radical (unpaired) electrons. The molecular weight excluding hydrogens is 212 g/mol. The van der Waals surface area contributed by atoms with Gasteiger partial charge in [-0.2, -0.15) is 0 Å². The van der Waals surface area contributed by atoms with Gasteiger partial charge in [-0.3, -0.25) is 4.90 Å². The number of ether oxygens (including phenoxy) is 1. The van der Waals surface area contributed by atoms with Crippen LogP contribution in [-0.4, -0.2) is 38.2 Å². The molecule has 0 aliphatic carbocycles. The third kappa shape index (κ3) is 4.02. The number of hydrogen-bond donors (Lipinski definition) is 1. The molecule has 0 bridgehead atoms. The second-order valence-electron chi connectivity index (χ2n) is 5.05. The average Bonchev–Trinajstić information content (AvgIpc) is 2.30. The molecule has 3 heteroatoms. The fraction of sp³-hybridized carbons (Fsp3) is 0.571. The molecule has 0 atom stereocenters. The normalized spacial score (nSPS) is 11.9. The lowest BCUT2D eigenvalue weighted by atomic mass is 10.0. The standard InChI is InChI=1S/C14H24N2O/c1-14(2,11-15-3)16(4)10-12-6-8-13(17-5)9-7-12/h6-9,15H,10-11H2,1-5H3. The summed E-state index contributed by atoms with van der Waals surface area (Å²) >= 11 is 0. The number of benzene rings is 1. The van der Waals surface area contributed by atoms with Crippen LogP contribution in [0, 0.1) is 0 Å². The Morgan fingerprint density at radius 3 is 2.29 bits per heavy atom. The van der Waals surface area contributed by atoms with Crippen molar-refractivity contribution in [2.24, 2.45) is 0 Å². The summed E-state index contributed by atoms with van der Waals surface area (Å²) in [5.41, 5.74) is 1.45. The second-order valence-corrected chi connectivity index (χ2v) is 5.05. The Morgan fingerprint density at radius 2 is 1.82 bits per heavy atom. The SMILES string of the molecule is CNCC(C)(C)N(C)Cc1ccc(OC)cc1. The van der Waals surface area contributed by atoms with Crippen LogP contribution in [0.4, 0.5) is 0 Å². The van der Waals surface area contributed by atoms with Crippen molar-refractivity contribution in [1.82, 2.24) is 10.2 Å². The molecular formula is C14H24N2O. The van der Waals surface area contributed by atoms with Gasteiger partial charge in [0.2, 0.25) is 0 Å². The third-order valence-electron chi connectivity index (χ3n) is 3.22. The molecule has 96 valence electrons. The Bertz CT molecular complexity index is 333. The highest BCUT2D eigenvalue weighted by Crippen LogP contribution is 2.17. The molecule has 1 rings (SSSR count). The summed E-state index contributed by atoms with van der Waals surface area (Å²) in [6, 6.07) is 8.25. The molecule has 0 spiro atoms. The maximum Gasteiger partial charge on any atom is 0.118 e. The van der Waals surface area contributed by atoms with E-state index in [0.717, 1.165) is 18.8 Å². The van der Waals surface area contributed by atoms with Crippen molar-refractivity contribution in [2.75, 3.05) is 27.7 Å². The van der Waals surface area contributed by atoms with Crippen LogP contribution in [-0.2, 0) is 6.54 Å². The topological polar surface area (TPSA) is 24.5 Å². The lowest BCUT2D eigenvalue weighted by Gasteiger charge is -2.35. The van der Waals surface area contributed by atoms with Crippen molar-refractivity contribution in [2.45, 2.75) is 25.9 Å². The first-order valence-electron chi connectivity index (χ1n) is 5.98. The monoisotopic (exact) mass is 236 g/mol.